The van der Waals surface area contributed by atoms with Crippen LogP contribution in [0, 0.1) is 0 Å². The summed E-state index contributed by atoms with van der Waals surface area (Å²) in [6.07, 6.45) is 1.24. The van der Waals surface area contributed by atoms with Crippen LogP contribution < -0.4 is 0 Å². The summed E-state index contributed by atoms with van der Waals surface area (Å²) < 4.78 is 0. The van der Waals surface area contributed by atoms with Gasteiger partial charge in [0.25, 0.3) is 0 Å². The van der Waals surface area contributed by atoms with E-state index >= 15 is 0 Å². The van der Waals surface area contributed by atoms with Gasteiger partial charge in [-0.2, -0.15) is 0 Å². The van der Waals surface area contributed by atoms with Crippen molar-refractivity contribution in [2.45, 2.75) is 26.2 Å². The highest BCUT2D eigenvalue weighted by atomic mass is 15.2. The average Bonchev–Trinajstić information content (AvgIpc) is 2.39. The van der Waals surface area contributed by atoms with Gasteiger partial charge in [-0.1, -0.05) is 44.2 Å². The maximum atomic E-state index is 2.54. The fraction of sp³-hybridized carbons (Fsp3) is 0.625. The summed E-state index contributed by atoms with van der Waals surface area (Å²) in [7, 11) is 4.28. The molecule has 2 heteroatoms. The Balaban J connectivity index is 2.34. The monoisotopic (exact) mass is 248 g/mol. The van der Waals surface area contributed by atoms with E-state index in [-0.39, 0.29) is 0 Å². The van der Waals surface area contributed by atoms with Crippen LogP contribution in [0.2, 0.25) is 0 Å². The summed E-state index contributed by atoms with van der Waals surface area (Å²) in [5.74, 6) is 0.652. The molecule has 0 aliphatic heterocycles. The molecule has 0 spiro atoms. The van der Waals surface area contributed by atoms with Gasteiger partial charge in [0.15, 0.2) is 0 Å². The lowest BCUT2D eigenvalue weighted by molar-refractivity contribution is 0.244. The molecule has 0 bridgehead atoms. The van der Waals surface area contributed by atoms with Crippen LogP contribution in [0.4, 0.5) is 0 Å². The zero-order chi connectivity index (χ0) is 13.4. The molecule has 1 aromatic carbocycles. The van der Waals surface area contributed by atoms with Crippen molar-refractivity contribution < 1.29 is 0 Å². The third kappa shape index (κ3) is 5.65. The van der Waals surface area contributed by atoms with Gasteiger partial charge in [-0.25, -0.2) is 0 Å². The van der Waals surface area contributed by atoms with Gasteiger partial charge in [-0.3, -0.25) is 0 Å². The number of likely N-dealkylation sites (N-methyl/N-ethyl adjacent to an activating group) is 2. The van der Waals surface area contributed by atoms with E-state index in [9.17, 15) is 0 Å². The Kier molecular flexibility index (Phi) is 6.99. The van der Waals surface area contributed by atoms with Crippen molar-refractivity contribution in [1.29, 1.82) is 0 Å². The number of hydrogen-bond acceptors (Lipinski definition) is 2. The van der Waals surface area contributed by atoms with E-state index in [2.05, 4.69) is 68.1 Å². The molecular weight excluding hydrogens is 220 g/mol. The van der Waals surface area contributed by atoms with Gasteiger partial charge in [0.05, 0.1) is 0 Å². The van der Waals surface area contributed by atoms with Gasteiger partial charge in [-0.15, -0.1) is 0 Å². The summed E-state index contributed by atoms with van der Waals surface area (Å²) in [6.45, 7) is 9.24. The molecule has 0 aliphatic carbocycles. The van der Waals surface area contributed by atoms with Crippen LogP contribution in [0.1, 0.15) is 31.7 Å². The SMILES string of the molecule is CCN(CC[C@@H](C)c1ccccc1)CCN(C)C. The summed E-state index contributed by atoms with van der Waals surface area (Å²) in [5, 5.41) is 0. The maximum Gasteiger partial charge on any atom is 0.0109 e. The van der Waals surface area contributed by atoms with Crippen molar-refractivity contribution in [2.75, 3.05) is 40.3 Å². The molecule has 1 rings (SSSR count). The van der Waals surface area contributed by atoms with E-state index in [1.165, 1.54) is 25.1 Å². The fourth-order valence-corrected chi connectivity index (χ4v) is 2.09. The Labute approximate surface area is 113 Å². The largest absolute Gasteiger partial charge is 0.308 e. The first kappa shape index (κ1) is 15.2. The lowest BCUT2D eigenvalue weighted by atomic mass is 9.98. The van der Waals surface area contributed by atoms with Gasteiger partial charge >= 0.3 is 0 Å². The molecule has 0 fully saturated rings. The predicted octanol–water partition coefficient (Wildman–Crippen LogP) is 3.06. The van der Waals surface area contributed by atoms with Gasteiger partial charge in [0.2, 0.25) is 0 Å². The lowest BCUT2D eigenvalue weighted by Crippen LogP contribution is -2.32. The minimum atomic E-state index is 0.652. The molecule has 0 unspecified atom stereocenters. The summed E-state index contributed by atoms with van der Waals surface area (Å²) in [4.78, 5) is 4.79. The molecule has 0 aliphatic rings. The van der Waals surface area contributed by atoms with Crippen LogP contribution in [-0.4, -0.2) is 50.1 Å². The molecular formula is C16H28N2. The third-order valence-electron chi connectivity index (χ3n) is 3.56. The highest BCUT2D eigenvalue weighted by Gasteiger charge is 2.08. The van der Waals surface area contributed by atoms with Crippen molar-refractivity contribution in [3.8, 4) is 0 Å². The molecule has 0 N–H and O–H groups in total. The number of hydrogen-bond donors (Lipinski definition) is 0. The molecule has 0 saturated carbocycles. The van der Waals surface area contributed by atoms with E-state index in [1.807, 2.05) is 0 Å². The van der Waals surface area contributed by atoms with E-state index in [4.69, 9.17) is 0 Å². The molecule has 2 nitrogen and oxygen atoms in total. The molecule has 102 valence electrons. The Morgan fingerprint density at radius 2 is 1.67 bits per heavy atom. The van der Waals surface area contributed by atoms with Crippen molar-refractivity contribution in [3.63, 3.8) is 0 Å². The normalized spacial score (nSPS) is 13.2. The minimum absolute atomic E-state index is 0.652. The second kappa shape index (κ2) is 8.28. The molecule has 18 heavy (non-hydrogen) atoms. The average molecular weight is 248 g/mol. The van der Waals surface area contributed by atoms with Crippen LogP contribution in [0.5, 0.6) is 0 Å². The Morgan fingerprint density at radius 3 is 2.22 bits per heavy atom. The highest BCUT2D eigenvalue weighted by molar-refractivity contribution is 5.18. The van der Waals surface area contributed by atoms with Crippen molar-refractivity contribution in [1.82, 2.24) is 9.80 Å². The fourth-order valence-electron chi connectivity index (χ4n) is 2.09. The molecule has 0 heterocycles. The number of benzene rings is 1. The first-order valence-corrected chi connectivity index (χ1v) is 7.05. The smallest absolute Gasteiger partial charge is 0.0109 e. The third-order valence-corrected chi connectivity index (χ3v) is 3.56. The van der Waals surface area contributed by atoms with Crippen LogP contribution in [0.3, 0.4) is 0 Å². The Morgan fingerprint density at radius 1 is 1.00 bits per heavy atom. The summed E-state index contributed by atoms with van der Waals surface area (Å²) in [5.41, 5.74) is 1.46. The zero-order valence-corrected chi connectivity index (χ0v) is 12.4. The van der Waals surface area contributed by atoms with E-state index in [1.54, 1.807) is 0 Å². The highest BCUT2D eigenvalue weighted by Crippen LogP contribution is 2.18. The van der Waals surface area contributed by atoms with E-state index < -0.39 is 0 Å². The quantitative estimate of drug-likeness (QED) is 0.697. The Bertz CT molecular complexity index is 308. The number of nitrogens with zero attached hydrogens (tertiary/aromatic N) is 2. The first-order valence-electron chi connectivity index (χ1n) is 7.05. The maximum absolute atomic E-state index is 2.54. The summed E-state index contributed by atoms with van der Waals surface area (Å²) >= 11 is 0. The lowest BCUT2D eigenvalue weighted by Gasteiger charge is -2.24. The molecule has 0 saturated heterocycles. The van der Waals surface area contributed by atoms with Crippen molar-refractivity contribution in [3.05, 3.63) is 35.9 Å². The van der Waals surface area contributed by atoms with Crippen LogP contribution in [0.25, 0.3) is 0 Å². The van der Waals surface area contributed by atoms with Gasteiger partial charge < -0.3 is 9.80 Å². The topological polar surface area (TPSA) is 6.48 Å². The van der Waals surface area contributed by atoms with Crippen molar-refractivity contribution >= 4 is 0 Å². The molecule has 0 amide bonds. The van der Waals surface area contributed by atoms with Crippen LogP contribution in [0.15, 0.2) is 30.3 Å². The summed E-state index contributed by atoms with van der Waals surface area (Å²) in [6, 6.07) is 10.8. The van der Waals surface area contributed by atoms with E-state index in [0.29, 0.717) is 5.92 Å². The van der Waals surface area contributed by atoms with Crippen molar-refractivity contribution in [2.24, 2.45) is 0 Å². The molecule has 0 radical (unpaired) electrons. The van der Waals surface area contributed by atoms with E-state index in [0.717, 1.165) is 13.1 Å². The Hall–Kier alpha value is -0.860. The molecule has 1 atom stereocenters. The first-order chi connectivity index (χ1) is 8.63. The minimum Gasteiger partial charge on any atom is -0.308 e. The second-order valence-corrected chi connectivity index (χ2v) is 5.34. The second-order valence-electron chi connectivity index (χ2n) is 5.34. The molecule has 1 aromatic rings. The van der Waals surface area contributed by atoms with Crippen LogP contribution in [-0.2, 0) is 0 Å². The van der Waals surface area contributed by atoms with Gasteiger partial charge in [0, 0.05) is 13.1 Å². The van der Waals surface area contributed by atoms with Gasteiger partial charge in [0.1, 0.15) is 0 Å². The van der Waals surface area contributed by atoms with Gasteiger partial charge in [-0.05, 0) is 45.1 Å². The predicted molar refractivity (Wildman–Crippen MR) is 80.1 cm³/mol. The zero-order valence-electron chi connectivity index (χ0n) is 12.4. The standard InChI is InChI=1S/C16H28N2/c1-5-18(14-13-17(3)4)12-11-15(2)16-9-7-6-8-10-16/h6-10,15H,5,11-14H2,1-4H3/t15-/m1/s1. The molecule has 0 aromatic heterocycles. The number of rotatable bonds is 8. The van der Waals surface area contributed by atoms with Crippen LogP contribution >= 0.6 is 0 Å².